The molecule has 2 atom stereocenters. The van der Waals surface area contributed by atoms with E-state index in [0.29, 0.717) is 6.04 Å². The number of amides is 1. The smallest absolute Gasteiger partial charge is 0.262 e. The van der Waals surface area contributed by atoms with Gasteiger partial charge in [0.15, 0.2) is 0 Å². The molecular weight excluding hydrogens is 312 g/mol. The van der Waals surface area contributed by atoms with Crippen LogP contribution in [0.3, 0.4) is 0 Å². The van der Waals surface area contributed by atoms with Gasteiger partial charge in [-0.2, -0.15) is 0 Å². The summed E-state index contributed by atoms with van der Waals surface area (Å²) in [5.41, 5.74) is 1.29. The van der Waals surface area contributed by atoms with Crippen molar-refractivity contribution in [1.29, 1.82) is 0 Å². The van der Waals surface area contributed by atoms with Crippen LogP contribution >= 0.6 is 0 Å². The summed E-state index contributed by atoms with van der Waals surface area (Å²) in [6.45, 7) is 3.58. The lowest BCUT2D eigenvalue weighted by atomic mass is 10.00. The van der Waals surface area contributed by atoms with Crippen molar-refractivity contribution in [3.05, 3.63) is 35.9 Å². The molecule has 1 amide bonds. The van der Waals surface area contributed by atoms with Gasteiger partial charge in [-0.3, -0.25) is 15.0 Å². The summed E-state index contributed by atoms with van der Waals surface area (Å²) in [6, 6.07) is 10.0. The molecule has 6 heteroatoms. The monoisotopic (exact) mass is 337 g/mol. The fraction of sp³-hybridized carbons (Fsp3) is 0.611. The zero-order valence-corrected chi connectivity index (χ0v) is 14.0. The number of carbonyl (C=O) groups excluding carboxylic acids is 1. The third-order valence-electron chi connectivity index (χ3n) is 5.13. The van der Waals surface area contributed by atoms with Crippen molar-refractivity contribution in [2.45, 2.75) is 50.2 Å². The minimum Gasteiger partial charge on any atom is -0.352 e. The maximum absolute atomic E-state index is 13.2. The van der Waals surface area contributed by atoms with Gasteiger partial charge in [-0.1, -0.05) is 30.3 Å². The number of nitrogens with one attached hydrogen (secondary N) is 2. The molecule has 0 saturated carbocycles. The minimum absolute atomic E-state index is 0.0766. The van der Waals surface area contributed by atoms with E-state index in [-0.39, 0.29) is 11.9 Å². The van der Waals surface area contributed by atoms with Crippen LogP contribution in [0, 0.1) is 0 Å². The standard InChI is InChI=1S/C18H25F2N3O/c1-13(14-5-3-2-4-6-14)23-9-7-15(8-10-23)22-17(24)16-11-18(19,20)12-21-16/h2-6,13,15-16,21H,7-12H2,1H3,(H,22,24). The molecule has 24 heavy (non-hydrogen) atoms. The van der Waals surface area contributed by atoms with Crippen LogP contribution in [-0.4, -0.2) is 48.4 Å². The van der Waals surface area contributed by atoms with E-state index in [4.69, 9.17) is 0 Å². The lowest BCUT2D eigenvalue weighted by molar-refractivity contribution is -0.124. The van der Waals surface area contributed by atoms with Gasteiger partial charge in [0.2, 0.25) is 5.91 Å². The van der Waals surface area contributed by atoms with Crippen LogP contribution in [-0.2, 0) is 4.79 Å². The Hall–Kier alpha value is -1.53. The summed E-state index contributed by atoms with van der Waals surface area (Å²) in [6.07, 6.45) is 1.31. The van der Waals surface area contributed by atoms with Crippen LogP contribution in [0.25, 0.3) is 0 Å². The molecular formula is C18H25F2N3O. The first-order chi connectivity index (χ1) is 11.4. The highest BCUT2D eigenvalue weighted by atomic mass is 19.3. The van der Waals surface area contributed by atoms with Crippen LogP contribution in [0.4, 0.5) is 8.78 Å². The summed E-state index contributed by atoms with van der Waals surface area (Å²) in [5.74, 6) is -3.06. The lowest BCUT2D eigenvalue weighted by Gasteiger charge is -2.36. The number of nitrogens with zero attached hydrogens (tertiary/aromatic N) is 1. The van der Waals surface area contributed by atoms with E-state index in [0.717, 1.165) is 25.9 Å². The van der Waals surface area contributed by atoms with Gasteiger partial charge in [0.25, 0.3) is 5.92 Å². The first-order valence-corrected chi connectivity index (χ1v) is 8.65. The summed E-state index contributed by atoms with van der Waals surface area (Å²) >= 11 is 0. The Balaban J connectivity index is 1.46. The van der Waals surface area contributed by atoms with Crippen LogP contribution in [0.1, 0.15) is 37.8 Å². The Morgan fingerprint density at radius 3 is 2.54 bits per heavy atom. The third-order valence-corrected chi connectivity index (χ3v) is 5.13. The molecule has 0 bridgehead atoms. The van der Waals surface area contributed by atoms with Crippen molar-refractivity contribution >= 4 is 5.91 Å². The predicted octanol–water partition coefficient (Wildman–Crippen LogP) is 2.33. The van der Waals surface area contributed by atoms with Crippen molar-refractivity contribution in [3.8, 4) is 0 Å². The molecule has 0 radical (unpaired) electrons. The highest BCUT2D eigenvalue weighted by Gasteiger charge is 2.42. The molecule has 2 aliphatic heterocycles. The number of piperidine rings is 1. The summed E-state index contributed by atoms with van der Waals surface area (Å²) in [4.78, 5) is 14.5. The molecule has 4 nitrogen and oxygen atoms in total. The second kappa shape index (κ2) is 7.15. The van der Waals surface area contributed by atoms with E-state index in [9.17, 15) is 13.6 Å². The lowest BCUT2D eigenvalue weighted by Crippen LogP contribution is -2.49. The Bertz CT molecular complexity index is 559. The summed E-state index contributed by atoms with van der Waals surface area (Å²) in [5, 5.41) is 5.55. The van der Waals surface area contributed by atoms with E-state index in [1.165, 1.54) is 5.56 Å². The Labute approximate surface area is 141 Å². The largest absolute Gasteiger partial charge is 0.352 e. The summed E-state index contributed by atoms with van der Waals surface area (Å²) in [7, 11) is 0. The number of halogens is 2. The molecule has 0 spiro atoms. The molecule has 2 heterocycles. The molecule has 0 aromatic heterocycles. The minimum atomic E-state index is -2.77. The van der Waals surface area contributed by atoms with Gasteiger partial charge in [-0.15, -0.1) is 0 Å². The Morgan fingerprint density at radius 1 is 1.29 bits per heavy atom. The second-order valence-electron chi connectivity index (χ2n) is 6.90. The number of carbonyl (C=O) groups is 1. The fourth-order valence-corrected chi connectivity index (χ4v) is 3.58. The van der Waals surface area contributed by atoms with E-state index in [1.54, 1.807) is 0 Å². The Morgan fingerprint density at radius 2 is 1.96 bits per heavy atom. The fourth-order valence-electron chi connectivity index (χ4n) is 3.58. The Kier molecular flexibility index (Phi) is 5.15. The zero-order valence-electron chi connectivity index (χ0n) is 14.0. The molecule has 0 aliphatic carbocycles. The molecule has 132 valence electrons. The molecule has 2 saturated heterocycles. The maximum atomic E-state index is 13.2. The number of benzene rings is 1. The van der Waals surface area contributed by atoms with Gasteiger partial charge in [-0.25, -0.2) is 8.78 Å². The molecule has 2 aliphatic rings. The molecule has 3 rings (SSSR count). The zero-order chi connectivity index (χ0) is 17.2. The molecule has 1 aromatic carbocycles. The average Bonchev–Trinajstić information content (AvgIpc) is 2.96. The SMILES string of the molecule is CC(c1ccccc1)N1CCC(NC(=O)C2CC(F)(F)CN2)CC1. The number of hydrogen-bond acceptors (Lipinski definition) is 3. The van der Waals surface area contributed by atoms with Crippen molar-refractivity contribution < 1.29 is 13.6 Å². The van der Waals surface area contributed by atoms with Gasteiger partial charge < -0.3 is 5.32 Å². The van der Waals surface area contributed by atoms with Gasteiger partial charge in [0, 0.05) is 31.6 Å². The average molecular weight is 337 g/mol. The normalized spacial score (nSPS) is 26.2. The van der Waals surface area contributed by atoms with E-state index in [2.05, 4.69) is 34.6 Å². The number of alkyl halides is 2. The quantitative estimate of drug-likeness (QED) is 0.886. The topological polar surface area (TPSA) is 44.4 Å². The number of likely N-dealkylation sites (tertiary alicyclic amines) is 1. The number of hydrogen-bond donors (Lipinski definition) is 2. The van der Waals surface area contributed by atoms with Gasteiger partial charge in [0.05, 0.1) is 12.6 Å². The van der Waals surface area contributed by atoms with E-state index < -0.39 is 24.9 Å². The van der Waals surface area contributed by atoms with Crippen LogP contribution in [0.2, 0.25) is 0 Å². The maximum Gasteiger partial charge on any atom is 0.262 e. The van der Waals surface area contributed by atoms with Crippen molar-refractivity contribution in [2.75, 3.05) is 19.6 Å². The molecule has 2 unspecified atom stereocenters. The van der Waals surface area contributed by atoms with Crippen LogP contribution in [0.15, 0.2) is 30.3 Å². The molecule has 1 aromatic rings. The highest BCUT2D eigenvalue weighted by molar-refractivity contribution is 5.82. The van der Waals surface area contributed by atoms with Crippen molar-refractivity contribution in [3.63, 3.8) is 0 Å². The molecule has 2 N–H and O–H groups in total. The van der Waals surface area contributed by atoms with Gasteiger partial charge in [0.1, 0.15) is 0 Å². The van der Waals surface area contributed by atoms with Crippen LogP contribution in [0.5, 0.6) is 0 Å². The van der Waals surface area contributed by atoms with Gasteiger partial charge in [-0.05, 0) is 25.3 Å². The van der Waals surface area contributed by atoms with Gasteiger partial charge >= 0.3 is 0 Å². The third kappa shape index (κ3) is 4.11. The first kappa shape index (κ1) is 17.3. The van der Waals surface area contributed by atoms with E-state index >= 15 is 0 Å². The first-order valence-electron chi connectivity index (χ1n) is 8.65. The molecule has 2 fully saturated rings. The van der Waals surface area contributed by atoms with E-state index in [1.807, 2.05) is 18.2 Å². The highest BCUT2D eigenvalue weighted by Crippen LogP contribution is 2.26. The van der Waals surface area contributed by atoms with Crippen molar-refractivity contribution in [2.24, 2.45) is 0 Å². The van der Waals surface area contributed by atoms with Crippen molar-refractivity contribution in [1.82, 2.24) is 15.5 Å². The summed E-state index contributed by atoms with van der Waals surface area (Å²) < 4.78 is 26.4. The second-order valence-corrected chi connectivity index (χ2v) is 6.90. The predicted molar refractivity (Wildman–Crippen MR) is 88.9 cm³/mol. The number of rotatable bonds is 4. The van der Waals surface area contributed by atoms with Crippen LogP contribution < -0.4 is 10.6 Å².